The van der Waals surface area contributed by atoms with Crippen molar-refractivity contribution in [3.63, 3.8) is 0 Å². The first-order chi connectivity index (χ1) is 8.49. The smallest absolute Gasteiger partial charge is 0.139 e. The highest BCUT2D eigenvalue weighted by atomic mass is 79.9. The van der Waals surface area contributed by atoms with Crippen molar-refractivity contribution in [2.45, 2.75) is 26.7 Å². The van der Waals surface area contributed by atoms with E-state index >= 15 is 0 Å². The molecule has 1 aromatic carbocycles. The molecule has 94 valence electrons. The summed E-state index contributed by atoms with van der Waals surface area (Å²) < 4.78 is 1.75. The van der Waals surface area contributed by atoms with Gasteiger partial charge in [-0.05, 0) is 25.0 Å². The van der Waals surface area contributed by atoms with Crippen LogP contribution in [0.25, 0.3) is 11.4 Å². The van der Waals surface area contributed by atoms with E-state index in [-0.39, 0.29) is 0 Å². The van der Waals surface area contributed by atoms with E-state index in [2.05, 4.69) is 46.7 Å². The molecule has 18 heavy (non-hydrogen) atoms. The summed E-state index contributed by atoms with van der Waals surface area (Å²) in [5.41, 5.74) is 3.27. The van der Waals surface area contributed by atoms with Crippen LogP contribution in [0.1, 0.15) is 31.0 Å². The minimum absolute atomic E-state index is 0.389. The summed E-state index contributed by atoms with van der Waals surface area (Å²) in [6, 6.07) is 8.04. The van der Waals surface area contributed by atoms with Crippen LogP contribution in [0.4, 0.5) is 0 Å². The largest absolute Gasteiger partial charge is 0.343 e. The van der Waals surface area contributed by atoms with Gasteiger partial charge in [0.2, 0.25) is 0 Å². The monoisotopic (exact) mass is 322 g/mol. The molecule has 0 bridgehead atoms. The van der Waals surface area contributed by atoms with Gasteiger partial charge in [0.05, 0.1) is 0 Å². The summed E-state index contributed by atoms with van der Waals surface area (Å²) in [6.07, 6.45) is 0. The summed E-state index contributed by atoms with van der Waals surface area (Å²) in [7, 11) is 0. The number of aromatic nitrogens is 2. The maximum atomic E-state index is 5.39. The molecule has 1 heterocycles. The number of benzene rings is 1. The van der Waals surface area contributed by atoms with E-state index in [1.54, 1.807) is 0 Å². The number of aromatic amines is 1. The minimum Gasteiger partial charge on any atom is -0.343 e. The molecule has 0 spiro atoms. The van der Waals surface area contributed by atoms with Gasteiger partial charge in [-0.1, -0.05) is 54.1 Å². The standard InChI is InChI=1S/C14H15BrN2S/c1-8(2)12-9(3)16-13(17-14(12)18)10-4-6-11(15)7-5-10/h4-8H,1-3H3,(H,16,17,18). The van der Waals surface area contributed by atoms with E-state index in [1.807, 2.05) is 24.3 Å². The van der Waals surface area contributed by atoms with E-state index in [9.17, 15) is 0 Å². The van der Waals surface area contributed by atoms with Crippen molar-refractivity contribution in [3.05, 3.63) is 44.6 Å². The lowest BCUT2D eigenvalue weighted by Crippen LogP contribution is -2.01. The van der Waals surface area contributed by atoms with Gasteiger partial charge in [0.25, 0.3) is 0 Å². The molecule has 0 amide bonds. The van der Waals surface area contributed by atoms with Crippen LogP contribution in [-0.4, -0.2) is 9.97 Å². The molecule has 1 N–H and O–H groups in total. The van der Waals surface area contributed by atoms with Crippen LogP contribution in [0, 0.1) is 11.6 Å². The third-order valence-electron chi connectivity index (χ3n) is 2.85. The van der Waals surface area contributed by atoms with Crippen molar-refractivity contribution in [2.75, 3.05) is 0 Å². The van der Waals surface area contributed by atoms with Crippen LogP contribution in [0.3, 0.4) is 0 Å². The Morgan fingerprint density at radius 1 is 1.22 bits per heavy atom. The van der Waals surface area contributed by atoms with Crippen LogP contribution in [0.2, 0.25) is 0 Å². The quantitative estimate of drug-likeness (QED) is 0.788. The van der Waals surface area contributed by atoms with Gasteiger partial charge in [-0.2, -0.15) is 0 Å². The first-order valence-electron chi connectivity index (χ1n) is 5.86. The van der Waals surface area contributed by atoms with Crippen LogP contribution < -0.4 is 0 Å². The Morgan fingerprint density at radius 2 is 1.83 bits per heavy atom. The van der Waals surface area contributed by atoms with E-state index in [0.717, 1.165) is 27.1 Å². The zero-order valence-electron chi connectivity index (χ0n) is 10.6. The molecule has 0 aliphatic heterocycles. The van der Waals surface area contributed by atoms with Gasteiger partial charge in [0, 0.05) is 21.3 Å². The van der Waals surface area contributed by atoms with E-state index < -0.39 is 0 Å². The average Bonchev–Trinajstić information content (AvgIpc) is 2.28. The molecule has 2 rings (SSSR count). The van der Waals surface area contributed by atoms with Gasteiger partial charge >= 0.3 is 0 Å². The van der Waals surface area contributed by atoms with E-state index in [1.165, 1.54) is 0 Å². The molecule has 1 aromatic heterocycles. The molecule has 2 aromatic rings. The van der Waals surface area contributed by atoms with Crippen LogP contribution >= 0.6 is 28.1 Å². The maximum Gasteiger partial charge on any atom is 0.139 e. The Balaban J connectivity index is 2.55. The number of nitrogens with zero attached hydrogens (tertiary/aromatic N) is 1. The zero-order valence-corrected chi connectivity index (χ0v) is 13.0. The molecule has 0 fully saturated rings. The van der Waals surface area contributed by atoms with Gasteiger partial charge in [-0.15, -0.1) is 0 Å². The number of rotatable bonds is 2. The molecule has 0 radical (unpaired) electrons. The Kier molecular flexibility index (Phi) is 3.97. The Bertz CT molecular complexity index is 615. The lowest BCUT2D eigenvalue weighted by atomic mass is 10.0. The Labute approximate surface area is 121 Å². The second kappa shape index (κ2) is 5.33. The van der Waals surface area contributed by atoms with Gasteiger partial charge in [-0.25, -0.2) is 4.98 Å². The summed E-state index contributed by atoms with van der Waals surface area (Å²) in [5, 5.41) is 0. The fraction of sp³-hybridized carbons (Fsp3) is 0.286. The zero-order chi connectivity index (χ0) is 13.3. The van der Waals surface area contributed by atoms with Crippen molar-refractivity contribution in [2.24, 2.45) is 0 Å². The molecular formula is C14H15BrN2S. The van der Waals surface area contributed by atoms with Gasteiger partial charge in [0.1, 0.15) is 10.5 Å². The van der Waals surface area contributed by atoms with Crippen LogP contribution in [0.15, 0.2) is 28.7 Å². The van der Waals surface area contributed by atoms with Crippen molar-refractivity contribution in [1.82, 2.24) is 9.97 Å². The molecule has 0 aliphatic carbocycles. The lowest BCUT2D eigenvalue weighted by molar-refractivity contribution is 0.825. The van der Waals surface area contributed by atoms with Crippen LogP contribution in [0.5, 0.6) is 0 Å². The predicted molar refractivity (Wildman–Crippen MR) is 81.4 cm³/mol. The molecular weight excluding hydrogens is 308 g/mol. The third-order valence-corrected chi connectivity index (χ3v) is 3.69. The fourth-order valence-electron chi connectivity index (χ4n) is 2.02. The first kappa shape index (κ1) is 13.4. The van der Waals surface area contributed by atoms with E-state index in [0.29, 0.717) is 10.6 Å². The van der Waals surface area contributed by atoms with Crippen molar-refractivity contribution < 1.29 is 0 Å². The number of hydrogen-bond acceptors (Lipinski definition) is 2. The maximum absolute atomic E-state index is 5.39. The summed E-state index contributed by atoms with van der Waals surface area (Å²) in [6.45, 7) is 6.31. The van der Waals surface area contributed by atoms with Gasteiger partial charge in [0.15, 0.2) is 0 Å². The van der Waals surface area contributed by atoms with Crippen molar-refractivity contribution in [3.8, 4) is 11.4 Å². The summed E-state index contributed by atoms with van der Waals surface area (Å²) >= 11 is 8.82. The molecule has 2 nitrogen and oxygen atoms in total. The lowest BCUT2D eigenvalue weighted by Gasteiger charge is -2.11. The van der Waals surface area contributed by atoms with Crippen molar-refractivity contribution >= 4 is 28.1 Å². The fourth-order valence-corrected chi connectivity index (χ4v) is 2.76. The SMILES string of the molecule is Cc1[nH]c(-c2ccc(Br)cc2)nc(=S)c1C(C)C. The number of H-pyrrole nitrogens is 1. The second-order valence-corrected chi connectivity index (χ2v) is 5.89. The molecule has 4 heteroatoms. The van der Waals surface area contributed by atoms with Crippen LogP contribution in [-0.2, 0) is 0 Å². The molecule has 0 unspecified atom stereocenters. The summed E-state index contributed by atoms with van der Waals surface area (Å²) in [5.74, 6) is 1.22. The topological polar surface area (TPSA) is 28.7 Å². The Hall–Kier alpha value is -1.00. The predicted octanol–water partition coefficient (Wildman–Crippen LogP) is 5.00. The summed E-state index contributed by atoms with van der Waals surface area (Å²) in [4.78, 5) is 7.84. The van der Waals surface area contributed by atoms with Gasteiger partial charge < -0.3 is 4.98 Å². The number of nitrogens with one attached hydrogen (secondary N) is 1. The van der Waals surface area contributed by atoms with Gasteiger partial charge in [-0.3, -0.25) is 0 Å². The first-order valence-corrected chi connectivity index (χ1v) is 7.06. The molecule has 0 aliphatic rings. The highest BCUT2D eigenvalue weighted by Crippen LogP contribution is 2.23. The normalized spacial score (nSPS) is 10.9. The second-order valence-electron chi connectivity index (χ2n) is 4.59. The minimum atomic E-state index is 0.389. The molecule has 0 atom stereocenters. The number of halogens is 1. The average molecular weight is 323 g/mol. The highest BCUT2D eigenvalue weighted by molar-refractivity contribution is 9.10. The molecule has 0 saturated heterocycles. The molecule has 0 saturated carbocycles. The third kappa shape index (κ3) is 2.70. The van der Waals surface area contributed by atoms with Crippen molar-refractivity contribution in [1.29, 1.82) is 0 Å². The number of hydrogen-bond donors (Lipinski definition) is 1. The number of aryl methyl sites for hydroxylation is 1. The highest BCUT2D eigenvalue weighted by Gasteiger charge is 2.09. The Morgan fingerprint density at radius 3 is 2.33 bits per heavy atom. The van der Waals surface area contributed by atoms with E-state index in [4.69, 9.17) is 12.2 Å².